The number of halogens is 2. The number of nitrogens with zero attached hydrogens (tertiary/aromatic N) is 1. The summed E-state index contributed by atoms with van der Waals surface area (Å²) in [6.45, 7) is 0. The molecule has 1 N–H and O–H groups in total. The number of hydrogen-bond acceptors (Lipinski definition) is 2. The maximum atomic E-state index is 11.5. The molecule has 0 aliphatic carbocycles. The third kappa shape index (κ3) is 2.49. The van der Waals surface area contributed by atoms with Crippen LogP contribution in [0.1, 0.15) is 18.9 Å². The predicted molar refractivity (Wildman–Crippen MR) is 83.3 cm³/mol. The van der Waals surface area contributed by atoms with Gasteiger partial charge in [-0.25, -0.2) is 0 Å². The third-order valence-corrected chi connectivity index (χ3v) is 5.88. The summed E-state index contributed by atoms with van der Waals surface area (Å²) in [4.78, 5) is 3.16. The van der Waals surface area contributed by atoms with Gasteiger partial charge in [0.1, 0.15) is 0 Å². The second-order valence-electron chi connectivity index (χ2n) is 4.66. The van der Waals surface area contributed by atoms with Crippen molar-refractivity contribution in [3.05, 3.63) is 26.9 Å². The van der Waals surface area contributed by atoms with Crippen LogP contribution < -0.4 is 0 Å². The second kappa shape index (κ2) is 5.20. The Balaban J connectivity index is 2.12. The average molecular weight is 335 g/mol. The van der Waals surface area contributed by atoms with E-state index in [1.165, 1.54) is 0 Å². The highest BCUT2D eigenvalue weighted by atomic mass is 35.5. The van der Waals surface area contributed by atoms with E-state index >= 15 is 0 Å². The van der Waals surface area contributed by atoms with Crippen molar-refractivity contribution in [1.29, 1.82) is 0 Å². The van der Waals surface area contributed by atoms with Gasteiger partial charge in [0, 0.05) is 28.3 Å². The maximum Gasteiger partial charge on any atom is 0.178 e. The van der Waals surface area contributed by atoms with E-state index in [9.17, 15) is 4.21 Å². The molecule has 0 atom stereocenters. The van der Waals surface area contributed by atoms with Crippen LogP contribution >= 0.6 is 35.4 Å². The first kappa shape index (κ1) is 13.6. The zero-order chi connectivity index (χ0) is 13.6. The molecule has 0 spiro atoms. The molecule has 19 heavy (non-hydrogen) atoms. The molecule has 0 bridgehead atoms. The Bertz CT molecular complexity index is 712. The van der Waals surface area contributed by atoms with E-state index in [1.54, 1.807) is 6.07 Å². The van der Waals surface area contributed by atoms with E-state index in [2.05, 4.69) is 9.55 Å². The zero-order valence-corrected chi connectivity index (χ0v) is 13.1. The van der Waals surface area contributed by atoms with Crippen molar-refractivity contribution in [2.24, 2.45) is 0 Å². The number of aromatic nitrogens is 2. The largest absolute Gasteiger partial charge is 0.331 e. The summed E-state index contributed by atoms with van der Waals surface area (Å²) < 4.78 is 14.2. The fraction of sp³-hybridized carbons (Fsp3) is 0.417. The number of aromatic amines is 1. The highest BCUT2D eigenvalue weighted by Gasteiger charge is 2.22. The van der Waals surface area contributed by atoms with Crippen molar-refractivity contribution in [3.63, 3.8) is 0 Å². The molecule has 1 saturated heterocycles. The molecule has 2 aromatic rings. The summed E-state index contributed by atoms with van der Waals surface area (Å²) in [6.07, 6.45) is 1.77. The molecular weight excluding hydrogens is 323 g/mol. The Hall–Kier alpha value is -0.360. The Morgan fingerprint density at radius 3 is 2.58 bits per heavy atom. The topological polar surface area (TPSA) is 37.8 Å². The van der Waals surface area contributed by atoms with E-state index in [0.29, 0.717) is 14.8 Å². The van der Waals surface area contributed by atoms with E-state index < -0.39 is 10.8 Å². The summed E-state index contributed by atoms with van der Waals surface area (Å²) in [5.74, 6) is 1.47. The molecular formula is C12H12Cl2N2OS2. The number of nitrogens with one attached hydrogen (secondary N) is 1. The minimum atomic E-state index is -0.676. The van der Waals surface area contributed by atoms with Crippen molar-refractivity contribution >= 4 is 57.3 Å². The second-order valence-corrected chi connectivity index (χ2v) is 7.56. The Kier molecular flexibility index (Phi) is 3.73. The molecule has 0 amide bonds. The third-order valence-electron chi connectivity index (χ3n) is 3.48. The lowest BCUT2D eigenvalue weighted by molar-refractivity contribution is 0.468. The van der Waals surface area contributed by atoms with Gasteiger partial charge in [-0.15, -0.1) is 0 Å². The van der Waals surface area contributed by atoms with Gasteiger partial charge in [-0.05, 0) is 37.2 Å². The Morgan fingerprint density at radius 1 is 1.26 bits per heavy atom. The summed E-state index contributed by atoms with van der Waals surface area (Å²) in [6, 6.07) is 3.93. The smallest absolute Gasteiger partial charge is 0.178 e. The molecule has 1 aromatic carbocycles. The minimum Gasteiger partial charge on any atom is -0.331 e. The number of imidazole rings is 1. The quantitative estimate of drug-likeness (QED) is 0.797. The minimum absolute atomic E-state index is 0.288. The lowest BCUT2D eigenvalue weighted by Gasteiger charge is -2.23. The van der Waals surface area contributed by atoms with Crippen LogP contribution in [-0.4, -0.2) is 25.3 Å². The van der Waals surface area contributed by atoms with Crippen LogP contribution in [0.2, 0.25) is 10.0 Å². The van der Waals surface area contributed by atoms with Crippen LogP contribution in [-0.2, 0) is 10.8 Å². The maximum absolute atomic E-state index is 11.5. The molecule has 3 rings (SSSR count). The molecule has 7 heteroatoms. The molecule has 2 heterocycles. The average Bonchev–Trinajstić information content (AvgIpc) is 2.67. The normalized spacial score (nSPS) is 23.9. The van der Waals surface area contributed by atoms with Crippen molar-refractivity contribution in [1.82, 2.24) is 9.55 Å². The van der Waals surface area contributed by atoms with E-state index in [-0.39, 0.29) is 6.04 Å². The van der Waals surface area contributed by atoms with Gasteiger partial charge >= 0.3 is 0 Å². The van der Waals surface area contributed by atoms with Gasteiger partial charge in [-0.3, -0.25) is 4.21 Å². The molecule has 0 unspecified atom stereocenters. The van der Waals surface area contributed by atoms with E-state index in [0.717, 1.165) is 35.4 Å². The molecule has 102 valence electrons. The van der Waals surface area contributed by atoms with Gasteiger partial charge in [0.25, 0.3) is 0 Å². The molecule has 1 aliphatic heterocycles. The fourth-order valence-corrected chi connectivity index (χ4v) is 4.48. The summed E-state index contributed by atoms with van der Waals surface area (Å²) in [5.41, 5.74) is 1.86. The standard InChI is InChI=1S/C12H12Cl2N2OS2/c13-8-5-10-11(6-9(8)14)16(12(18)15-10)7-1-3-19(17)4-2-7/h5-7H,1-4H2,(H,15,18). The predicted octanol–water partition coefficient (Wildman–Crippen LogP) is 4.09. The lowest BCUT2D eigenvalue weighted by atomic mass is 10.1. The number of fused-ring (bicyclic) bond motifs is 1. The van der Waals surface area contributed by atoms with Crippen LogP contribution in [0, 0.1) is 4.77 Å². The van der Waals surface area contributed by atoms with Crippen molar-refractivity contribution < 1.29 is 4.21 Å². The molecule has 1 fully saturated rings. The van der Waals surface area contributed by atoms with Crippen molar-refractivity contribution in [3.8, 4) is 0 Å². The van der Waals surface area contributed by atoms with Crippen molar-refractivity contribution in [2.75, 3.05) is 11.5 Å². The molecule has 1 aromatic heterocycles. The van der Waals surface area contributed by atoms with Gasteiger partial charge in [0.15, 0.2) is 4.77 Å². The van der Waals surface area contributed by atoms with Crippen LogP contribution in [0.15, 0.2) is 12.1 Å². The summed E-state index contributed by atoms with van der Waals surface area (Å²) in [5, 5.41) is 1.04. The lowest BCUT2D eigenvalue weighted by Crippen LogP contribution is -2.21. The first-order chi connectivity index (χ1) is 9.06. The monoisotopic (exact) mass is 334 g/mol. The molecule has 1 aliphatic rings. The van der Waals surface area contributed by atoms with Gasteiger partial charge < -0.3 is 9.55 Å². The summed E-state index contributed by atoms with van der Waals surface area (Å²) in [7, 11) is -0.676. The first-order valence-corrected chi connectivity index (χ1v) is 8.65. The van der Waals surface area contributed by atoms with Gasteiger partial charge in [-0.2, -0.15) is 0 Å². The SMILES string of the molecule is O=S1CCC(n2c(=S)[nH]c3cc(Cl)c(Cl)cc32)CC1. The van der Waals surface area contributed by atoms with E-state index in [1.807, 2.05) is 6.07 Å². The van der Waals surface area contributed by atoms with Crippen LogP contribution in [0.3, 0.4) is 0 Å². The molecule has 0 radical (unpaired) electrons. The molecule has 3 nitrogen and oxygen atoms in total. The Morgan fingerprint density at radius 2 is 1.89 bits per heavy atom. The number of H-pyrrole nitrogens is 1. The highest BCUT2D eigenvalue weighted by molar-refractivity contribution is 7.85. The van der Waals surface area contributed by atoms with Gasteiger partial charge in [-0.1, -0.05) is 23.2 Å². The van der Waals surface area contributed by atoms with Crippen molar-refractivity contribution in [2.45, 2.75) is 18.9 Å². The van der Waals surface area contributed by atoms with E-state index in [4.69, 9.17) is 35.4 Å². The van der Waals surface area contributed by atoms with Crippen LogP contribution in [0.5, 0.6) is 0 Å². The number of hydrogen-bond donors (Lipinski definition) is 1. The highest BCUT2D eigenvalue weighted by Crippen LogP contribution is 2.32. The Labute approximate surface area is 128 Å². The number of benzene rings is 1. The molecule has 0 saturated carbocycles. The summed E-state index contributed by atoms with van der Waals surface area (Å²) >= 11 is 17.5. The zero-order valence-electron chi connectivity index (χ0n) is 9.99. The van der Waals surface area contributed by atoms with Crippen LogP contribution in [0.4, 0.5) is 0 Å². The fourth-order valence-electron chi connectivity index (χ4n) is 2.52. The van der Waals surface area contributed by atoms with Gasteiger partial charge in [0.05, 0.1) is 21.1 Å². The van der Waals surface area contributed by atoms with Gasteiger partial charge in [0.2, 0.25) is 0 Å². The van der Waals surface area contributed by atoms with Crippen LogP contribution in [0.25, 0.3) is 11.0 Å². The number of rotatable bonds is 1. The first-order valence-electron chi connectivity index (χ1n) is 6.00.